The van der Waals surface area contributed by atoms with Crippen molar-refractivity contribution in [3.8, 4) is 0 Å². The second-order valence-electron chi connectivity index (χ2n) is 6.45. The number of amides is 1. The van der Waals surface area contributed by atoms with E-state index in [9.17, 15) is 4.79 Å². The van der Waals surface area contributed by atoms with Crippen molar-refractivity contribution in [1.29, 1.82) is 0 Å². The second-order valence-corrected chi connectivity index (χ2v) is 8.56. The van der Waals surface area contributed by atoms with Crippen LogP contribution in [0.3, 0.4) is 0 Å². The summed E-state index contributed by atoms with van der Waals surface area (Å²) in [5, 5.41) is 1.17. The Kier molecular flexibility index (Phi) is 5.61. The predicted octanol–water partition coefficient (Wildman–Crippen LogP) is 3.49. The molecule has 1 N–H and O–H groups in total. The average Bonchev–Trinajstić information content (AvgIpc) is 3.16. The molecule has 0 unspecified atom stereocenters. The molecule has 2 aromatic heterocycles. The van der Waals surface area contributed by atoms with Gasteiger partial charge >= 0.3 is 0 Å². The lowest BCUT2D eigenvalue weighted by atomic mass is 10.2. The largest absolute Gasteiger partial charge is 0.368 e. The van der Waals surface area contributed by atoms with Gasteiger partial charge in [0.15, 0.2) is 5.65 Å². The number of anilines is 1. The molecule has 0 radical (unpaired) electrons. The Hall–Kier alpha value is -2.03. The summed E-state index contributed by atoms with van der Waals surface area (Å²) in [5.41, 5.74) is 2.27. The molecule has 3 heterocycles. The molecule has 0 spiro atoms. The van der Waals surface area contributed by atoms with Gasteiger partial charge in [-0.15, -0.1) is 0 Å². The molecule has 7 nitrogen and oxygen atoms in total. The van der Waals surface area contributed by atoms with E-state index in [0.717, 1.165) is 23.8 Å². The van der Waals surface area contributed by atoms with E-state index in [1.54, 1.807) is 6.33 Å². The summed E-state index contributed by atoms with van der Waals surface area (Å²) < 4.78 is 0. The first-order valence-corrected chi connectivity index (χ1v) is 10.5. The zero-order valence-electron chi connectivity index (χ0n) is 15.1. The lowest BCUT2D eigenvalue weighted by Crippen LogP contribution is -2.50. The number of benzene rings is 1. The van der Waals surface area contributed by atoms with Crippen LogP contribution in [-0.4, -0.2) is 62.2 Å². The fourth-order valence-electron chi connectivity index (χ4n) is 3.20. The van der Waals surface area contributed by atoms with Crippen LogP contribution in [0.1, 0.15) is 6.92 Å². The third-order valence-electron chi connectivity index (χ3n) is 4.63. The van der Waals surface area contributed by atoms with Gasteiger partial charge in [-0.1, -0.05) is 29.4 Å². The van der Waals surface area contributed by atoms with E-state index in [-0.39, 0.29) is 16.4 Å². The highest BCUT2D eigenvalue weighted by Gasteiger charge is 2.27. The van der Waals surface area contributed by atoms with Crippen LogP contribution in [0.25, 0.3) is 11.2 Å². The third kappa shape index (κ3) is 4.04. The Bertz CT molecular complexity index is 1000. The number of imidazole rings is 1. The number of H-pyrrole nitrogens is 1. The number of aromatic nitrogens is 4. The Morgan fingerprint density at radius 2 is 2.00 bits per heavy atom. The Morgan fingerprint density at radius 1 is 1.21 bits per heavy atom. The lowest BCUT2D eigenvalue weighted by Gasteiger charge is -2.37. The topological polar surface area (TPSA) is 78.0 Å². The summed E-state index contributed by atoms with van der Waals surface area (Å²) in [4.78, 5) is 32.5. The zero-order chi connectivity index (χ0) is 19.7. The van der Waals surface area contributed by atoms with Gasteiger partial charge in [-0.25, -0.2) is 9.97 Å². The second kappa shape index (κ2) is 8.14. The van der Waals surface area contributed by atoms with Gasteiger partial charge in [0.25, 0.3) is 0 Å². The molecule has 0 bridgehead atoms. The van der Waals surface area contributed by atoms with E-state index in [1.165, 1.54) is 11.8 Å². The number of nitrogens with one attached hydrogen (secondary N) is 1. The summed E-state index contributed by atoms with van der Waals surface area (Å²) in [5.74, 6) is 0.0816. The molecular formula is C18H18Cl2N6OS. The quantitative estimate of drug-likeness (QED) is 0.383. The molecule has 4 rings (SSSR count). The summed E-state index contributed by atoms with van der Waals surface area (Å²) >= 11 is 13.4. The Labute approximate surface area is 176 Å². The van der Waals surface area contributed by atoms with Crippen molar-refractivity contribution in [2.45, 2.75) is 17.2 Å². The van der Waals surface area contributed by atoms with Gasteiger partial charge in [0.05, 0.1) is 11.6 Å². The maximum absolute atomic E-state index is 12.9. The highest BCUT2D eigenvalue weighted by molar-refractivity contribution is 8.00. The first-order valence-electron chi connectivity index (χ1n) is 8.84. The number of carbonyl (C=O) groups excluding carboxylic acids is 1. The maximum Gasteiger partial charge on any atom is 0.235 e. The lowest BCUT2D eigenvalue weighted by molar-refractivity contribution is -0.130. The summed E-state index contributed by atoms with van der Waals surface area (Å²) in [6.45, 7) is 4.76. The molecule has 1 aliphatic heterocycles. The number of nitrogens with zero attached hydrogens (tertiary/aromatic N) is 5. The molecule has 0 saturated carbocycles. The van der Waals surface area contributed by atoms with Crippen molar-refractivity contribution < 1.29 is 4.79 Å². The van der Waals surface area contributed by atoms with Crippen LogP contribution in [0.4, 0.5) is 5.69 Å². The van der Waals surface area contributed by atoms with Gasteiger partial charge in [0.1, 0.15) is 10.5 Å². The van der Waals surface area contributed by atoms with Gasteiger partial charge in [-0.05, 0) is 36.7 Å². The van der Waals surface area contributed by atoms with Gasteiger partial charge < -0.3 is 14.8 Å². The summed E-state index contributed by atoms with van der Waals surface area (Å²) in [6.07, 6.45) is 1.54. The van der Waals surface area contributed by atoms with Crippen LogP contribution < -0.4 is 4.90 Å². The molecule has 10 heteroatoms. The summed E-state index contributed by atoms with van der Waals surface area (Å²) in [6, 6.07) is 7.79. The van der Waals surface area contributed by atoms with Crippen LogP contribution in [0.5, 0.6) is 0 Å². The third-order valence-corrected chi connectivity index (χ3v) is 6.10. The van der Waals surface area contributed by atoms with Crippen LogP contribution in [0.15, 0.2) is 35.6 Å². The fourth-order valence-corrected chi connectivity index (χ4v) is 4.59. The van der Waals surface area contributed by atoms with Crippen molar-refractivity contribution in [2.75, 3.05) is 31.1 Å². The number of piperazine rings is 1. The van der Waals surface area contributed by atoms with Gasteiger partial charge in [0.2, 0.25) is 11.2 Å². The van der Waals surface area contributed by atoms with E-state index in [4.69, 9.17) is 23.2 Å². The highest BCUT2D eigenvalue weighted by atomic mass is 35.5. The molecule has 1 atom stereocenters. The van der Waals surface area contributed by atoms with E-state index in [0.29, 0.717) is 29.3 Å². The van der Waals surface area contributed by atoms with Gasteiger partial charge in [-0.2, -0.15) is 4.98 Å². The molecule has 1 aliphatic rings. The Morgan fingerprint density at radius 3 is 2.75 bits per heavy atom. The normalized spacial score (nSPS) is 15.8. The smallest absolute Gasteiger partial charge is 0.235 e. The minimum Gasteiger partial charge on any atom is -0.368 e. The Balaban J connectivity index is 1.40. The molecule has 0 aliphatic carbocycles. The number of carbonyl (C=O) groups is 1. The molecule has 1 fully saturated rings. The van der Waals surface area contributed by atoms with E-state index in [1.807, 2.05) is 36.1 Å². The molecule has 3 aromatic rings. The molecular weight excluding hydrogens is 419 g/mol. The fraction of sp³-hybridized carbons (Fsp3) is 0.333. The number of halogens is 2. The standard InChI is InChI=1S/C18H18Cl2N6OS/c1-11(28-16-14-15(22-10-21-14)23-18(20)24-16)17(27)26-7-5-25(6-8-26)13-4-2-3-12(19)9-13/h2-4,9-11H,5-8H2,1H3,(H,21,22,23,24)/t11-/m0/s1. The van der Waals surface area contributed by atoms with Crippen molar-refractivity contribution in [1.82, 2.24) is 24.8 Å². The molecule has 146 valence electrons. The molecule has 1 amide bonds. The number of rotatable bonds is 4. The van der Waals surface area contributed by atoms with E-state index >= 15 is 0 Å². The van der Waals surface area contributed by atoms with E-state index < -0.39 is 0 Å². The van der Waals surface area contributed by atoms with E-state index in [2.05, 4.69) is 24.8 Å². The molecule has 1 saturated heterocycles. The number of fused-ring (bicyclic) bond motifs is 1. The van der Waals surface area contributed by atoms with Gasteiger partial charge in [-0.3, -0.25) is 4.79 Å². The van der Waals surface area contributed by atoms with Crippen molar-refractivity contribution in [3.63, 3.8) is 0 Å². The molecule has 28 heavy (non-hydrogen) atoms. The summed E-state index contributed by atoms with van der Waals surface area (Å²) in [7, 11) is 0. The van der Waals surface area contributed by atoms with Crippen LogP contribution in [0, 0.1) is 0 Å². The maximum atomic E-state index is 12.9. The first-order chi connectivity index (χ1) is 13.5. The van der Waals surface area contributed by atoms with Crippen molar-refractivity contribution >= 4 is 57.7 Å². The van der Waals surface area contributed by atoms with Crippen LogP contribution in [-0.2, 0) is 4.79 Å². The average molecular weight is 437 g/mol. The number of hydrogen-bond acceptors (Lipinski definition) is 6. The predicted molar refractivity (Wildman–Crippen MR) is 112 cm³/mol. The van der Waals surface area contributed by atoms with Crippen LogP contribution >= 0.6 is 35.0 Å². The number of hydrogen-bond donors (Lipinski definition) is 1. The van der Waals surface area contributed by atoms with Crippen LogP contribution in [0.2, 0.25) is 10.3 Å². The minimum atomic E-state index is -0.296. The van der Waals surface area contributed by atoms with Gasteiger partial charge in [0, 0.05) is 36.9 Å². The zero-order valence-corrected chi connectivity index (χ0v) is 17.4. The highest BCUT2D eigenvalue weighted by Crippen LogP contribution is 2.29. The number of thioether (sulfide) groups is 1. The first kappa shape index (κ1) is 19.3. The minimum absolute atomic E-state index is 0.0816. The monoisotopic (exact) mass is 436 g/mol. The molecule has 1 aromatic carbocycles. The van der Waals surface area contributed by atoms with Crippen molar-refractivity contribution in [2.24, 2.45) is 0 Å². The SMILES string of the molecule is C[C@H](Sc1nc(Cl)nc2nc[nH]c12)C(=O)N1CCN(c2cccc(Cl)c2)CC1. The number of aromatic amines is 1. The van der Waals surface area contributed by atoms with Crippen molar-refractivity contribution in [3.05, 3.63) is 40.9 Å².